The maximum atomic E-state index is 11.9. The first-order valence-corrected chi connectivity index (χ1v) is 7.03. The van der Waals surface area contributed by atoms with Gasteiger partial charge in [-0.1, -0.05) is 0 Å². The summed E-state index contributed by atoms with van der Waals surface area (Å²) in [6.45, 7) is 2.85. The molecule has 17 heavy (non-hydrogen) atoms. The fraction of sp³-hybridized carbons (Fsp3) is 0.500. The Morgan fingerprint density at radius 3 is 3.06 bits per heavy atom. The van der Waals surface area contributed by atoms with E-state index in [0.29, 0.717) is 11.6 Å². The molecule has 1 aromatic rings. The van der Waals surface area contributed by atoms with Gasteiger partial charge in [-0.2, -0.15) is 11.8 Å². The lowest BCUT2D eigenvalue weighted by molar-refractivity contribution is 0.0941. The van der Waals surface area contributed by atoms with Gasteiger partial charge in [-0.3, -0.25) is 4.79 Å². The number of nitrogens with one attached hydrogen (secondary N) is 2. The van der Waals surface area contributed by atoms with Crippen molar-refractivity contribution < 1.29 is 4.79 Å². The van der Waals surface area contributed by atoms with E-state index in [1.54, 1.807) is 6.20 Å². The van der Waals surface area contributed by atoms with E-state index in [0.717, 1.165) is 30.3 Å². The number of pyridine rings is 1. The first kappa shape index (κ1) is 12.2. The van der Waals surface area contributed by atoms with Gasteiger partial charge in [-0.15, -0.1) is 0 Å². The molecule has 1 amide bonds. The van der Waals surface area contributed by atoms with Crippen LogP contribution in [0.15, 0.2) is 18.3 Å². The molecule has 1 aliphatic rings. The van der Waals surface area contributed by atoms with E-state index in [-0.39, 0.29) is 5.91 Å². The normalized spacial score (nSPS) is 19.0. The molecule has 92 valence electrons. The fourth-order valence-corrected chi connectivity index (χ4v) is 2.88. The number of aromatic nitrogens is 1. The number of amides is 1. The number of carbonyl (C=O) groups excluding carboxylic acids is 1. The standard InChI is InChI=1S/C12H17N3OS/c1-2-13-11-4-3-9(7-14-11)12(16)15-10-5-6-17-8-10/h3-4,7,10H,2,5-6,8H2,1H3,(H,13,14)(H,15,16). The third-order valence-corrected chi connectivity index (χ3v) is 3.81. The van der Waals surface area contributed by atoms with Crippen LogP contribution in [-0.4, -0.2) is 35.0 Å². The summed E-state index contributed by atoms with van der Waals surface area (Å²) < 4.78 is 0. The highest BCUT2D eigenvalue weighted by atomic mass is 32.2. The van der Waals surface area contributed by atoms with Gasteiger partial charge < -0.3 is 10.6 Å². The second-order valence-corrected chi connectivity index (χ2v) is 5.15. The minimum absolute atomic E-state index is 0.0203. The van der Waals surface area contributed by atoms with Crippen molar-refractivity contribution >= 4 is 23.5 Å². The molecule has 1 saturated heterocycles. The molecule has 1 aliphatic heterocycles. The van der Waals surface area contributed by atoms with E-state index in [9.17, 15) is 4.79 Å². The van der Waals surface area contributed by atoms with E-state index in [1.807, 2.05) is 30.8 Å². The molecule has 1 aromatic heterocycles. The second kappa shape index (κ2) is 5.91. The predicted octanol–water partition coefficient (Wildman–Crippen LogP) is 1.75. The minimum atomic E-state index is -0.0203. The number of hydrogen-bond donors (Lipinski definition) is 2. The summed E-state index contributed by atoms with van der Waals surface area (Å²) in [6.07, 6.45) is 2.69. The molecule has 2 rings (SSSR count). The number of nitrogens with zero attached hydrogens (tertiary/aromatic N) is 1. The summed E-state index contributed by atoms with van der Waals surface area (Å²) in [6, 6.07) is 3.96. The highest BCUT2D eigenvalue weighted by Gasteiger charge is 2.18. The summed E-state index contributed by atoms with van der Waals surface area (Å²) in [7, 11) is 0. The van der Waals surface area contributed by atoms with Crippen LogP contribution in [0.25, 0.3) is 0 Å². The van der Waals surface area contributed by atoms with Gasteiger partial charge in [-0.25, -0.2) is 4.98 Å². The topological polar surface area (TPSA) is 54.0 Å². The molecule has 1 unspecified atom stereocenters. The van der Waals surface area contributed by atoms with Crippen LogP contribution >= 0.6 is 11.8 Å². The lowest BCUT2D eigenvalue weighted by Gasteiger charge is -2.11. The average molecular weight is 251 g/mol. The maximum absolute atomic E-state index is 11.9. The van der Waals surface area contributed by atoms with Crippen LogP contribution in [0.4, 0.5) is 5.82 Å². The molecule has 2 N–H and O–H groups in total. The number of carbonyl (C=O) groups is 1. The first-order valence-electron chi connectivity index (χ1n) is 5.88. The Morgan fingerprint density at radius 2 is 2.47 bits per heavy atom. The molecule has 0 bridgehead atoms. The van der Waals surface area contributed by atoms with Gasteiger partial charge in [0.25, 0.3) is 5.91 Å². The summed E-state index contributed by atoms with van der Waals surface area (Å²) in [5.41, 5.74) is 0.628. The number of hydrogen-bond acceptors (Lipinski definition) is 4. The molecule has 0 spiro atoms. The molecule has 0 aliphatic carbocycles. The smallest absolute Gasteiger partial charge is 0.253 e. The van der Waals surface area contributed by atoms with Crippen LogP contribution in [0.2, 0.25) is 0 Å². The maximum Gasteiger partial charge on any atom is 0.253 e. The van der Waals surface area contributed by atoms with Crippen molar-refractivity contribution in [1.29, 1.82) is 0 Å². The monoisotopic (exact) mass is 251 g/mol. The molecule has 1 atom stereocenters. The quantitative estimate of drug-likeness (QED) is 0.856. The molecule has 0 saturated carbocycles. The van der Waals surface area contributed by atoms with Crippen molar-refractivity contribution in [2.75, 3.05) is 23.4 Å². The second-order valence-electron chi connectivity index (χ2n) is 4.00. The van der Waals surface area contributed by atoms with Crippen LogP contribution in [0, 0.1) is 0 Å². The van der Waals surface area contributed by atoms with E-state index in [2.05, 4.69) is 15.6 Å². The van der Waals surface area contributed by atoms with Crippen molar-refractivity contribution in [2.24, 2.45) is 0 Å². The molecule has 0 aromatic carbocycles. The van der Waals surface area contributed by atoms with Crippen molar-refractivity contribution in [3.63, 3.8) is 0 Å². The Labute approximate surface area is 106 Å². The Bertz CT molecular complexity index is 374. The summed E-state index contributed by atoms with van der Waals surface area (Å²) in [4.78, 5) is 16.1. The van der Waals surface area contributed by atoms with Gasteiger partial charge in [0, 0.05) is 24.5 Å². The van der Waals surface area contributed by atoms with Crippen molar-refractivity contribution in [3.05, 3.63) is 23.9 Å². The lowest BCUT2D eigenvalue weighted by Crippen LogP contribution is -2.34. The van der Waals surface area contributed by atoms with Gasteiger partial charge in [0.1, 0.15) is 5.82 Å². The number of anilines is 1. The molecule has 5 heteroatoms. The first-order chi connectivity index (χ1) is 8.29. The molecule has 0 radical (unpaired) electrons. The van der Waals surface area contributed by atoms with Crippen molar-refractivity contribution in [1.82, 2.24) is 10.3 Å². The zero-order valence-electron chi connectivity index (χ0n) is 9.90. The largest absolute Gasteiger partial charge is 0.370 e. The zero-order valence-corrected chi connectivity index (χ0v) is 10.7. The van der Waals surface area contributed by atoms with Gasteiger partial charge in [-0.05, 0) is 31.2 Å². The summed E-state index contributed by atoms with van der Waals surface area (Å²) in [5, 5.41) is 6.13. The van der Waals surface area contributed by atoms with Gasteiger partial charge in [0.05, 0.1) is 5.56 Å². The van der Waals surface area contributed by atoms with E-state index < -0.39 is 0 Å². The molecule has 2 heterocycles. The summed E-state index contributed by atoms with van der Waals surface area (Å²) >= 11 is 1.89. The van der Waals surface area contributed by atoms with Crippen molar-refractivity contribution in [3.8, 4) is 0 Å². The Kier molecular flexibility index (Phi) is 4.25. The fourth-order valence-electron chi connectivity index (χ4n) is 1.73. The Morgan fingerprint density at radius 1 is 1.59 bits per heavy atom. The third kappa shape index (κ3) is 3.36. The highest BCUT2D eigenvalue weighted by molar-refractivity contribution is 7.99. The Hall–Kier alpha value is -1.23. The number of thioether (sulfide) groups is 1. The third-order valence-electron chi connectivity index (χ3n) is 2.65. The predicted molar refractivity (Wildman–Crippen MR) is 71.6 cm³/mol. The molecule has 1 fully saturated rings. The van der Waals surface area contributed by atoms with Gasteiger partial charge >= 0.3 is 0 Å². The van der Waals surface area contributed by atoms with Crippen LogP contribution in [0.1, 0.15) is 23.7 Å². The molecular weight excluding hydrogens is 234 g/mol. The van der Waals surface area contributed by atoms with E-state index in [4.69, 9.17) is 0 Å². The summed E-state index contributed by atoms with van der Waals surface area (Å²) in [5.74, 6) is 2.95. The zero-order chi connectivity index (χ0) is 12.1. The van der Waals surface area contributed by atoms with E-state index in [1.165, 1.54) is 0 Å². The number of rotatable bonds is 4. The minimum Gasteiger partial charge on any atom is -0.370 e. The van der Waals surface area contributed by atoms with Gasteiger partial charge in [0.15, 0.2) is 0 Å². The van der Waals surface area contributed by atoms with Crippen LogP contribution in [0.3, 0.4) is 0 Å². The van der Waals surface area contributed by atoms with Crippen molar-refractivity contribution in [2.45, 2.75) is 19.4 Å². The highest BCUT2D eigenvalue weighted by Crippen LogP contribution is 2.17. The Balaban J connectivity index is 1.93. The SMILES string of the molecule is CCNc1ccc(C(=O)NC2CCSC2)cn1. The molecule has 4 nitrogen and oxygen atoms in total. The van der Waals surface area contributed by atoms with Gasteiger partial charge in [0.2, 0.25) is 0 Å². The van der Waals surface area contributed by atoms with E-state index >= 15 is 0 Å². The van der Waals surface area contributed by atoms with Crippen LogP contribution in [0.5, 0.6) is 0 Å². The van der Waals surface area contributed by atoms with Crippen LogP contribution in [-0.2, 0) is 0 Å². The molecular formula is C12H17N3OS. The van der Waals surface area contributed by atoms with Crippen LogP contribution < -0.4 is 10.6 Å². The average Bonchev–Trinajstić information content (AvgIpc) is 2.83. The lowest BCUT2D eigenvalue weighted by atomic mass is 10.2.